The van der Waals surface area contributed by atoms with Gasteiger partial charge < -0.3 is 20.3 Å². The molecular weight excluding hydrogens is 298 g/mol. The molecule has 7 nitrogen and oxygen atoms in total. The summed E-state index contributed by atoms with van der Waals surface area (Å²) < 4.78 is 4.71. The number of para-hydroxylation sites is 1. The maximum absolute atomic E-state index is 12.5. The highest BCUT2D eigenvalue weighted by Gasteiger charge is 2.28. The lowest BCUT2D eigenvalue weighted by Crippen LogP contribution is -2.50. The maximum Gasteiger partial charge on any atom is 0.325 e. The Hall–Kier alpha value is -2.57. The molecule has 0 radical (unpaired) electrons. The predicted molar refractivity (Wildman–Crippen MR) is 85.1 cm³/mol. The van der Waals surface area contributed by atoms with E-state index in [0.717, 1.165) is 17.7 Å². The van der Waals surface area contributed by atoms with Crippen molar-refractivity contribution in [1.82, 2.24) is 10.6 Å². The van der Waals surface area contributed by atoms with Gasteiger partial charge in [0.2, 0.25) is 5.91 Å². The van der Waals surface area contributed by atoms with Gasteiger partial charge in [-0.2, -0.15) is 0 Å². The van der Waals surface area contributed by atoms with Crippen LogP contribution in [0.2, 0.25) is 0 Å². The van der Waals surface area contributed by atoms with Crippen LogP contribution in [0.3, 0.4) is 0 Å². The van der Waals surface area contributed by atoms with Crippen LogP contribution in [0.25, 0.3) is 0 Å². The van der Waals surface area contributed by atoms with Gasteiger partial charge in [-0.1, -0.05) is 18.2 Å². The lowest BCUT2D eigenvalue weighted by molar-refractivity contribution is -0.141. The third-order valence-electron chi connectivity index (χ3n) is 3.57. The maximum atomic E-state index is 12.5. The number of amides is 3. The van der Waals surface area contributed by atoms with Crippen LogP contribution in [-0.4, -0.2) is 43.6 Å². The van der Waals surface area contributed by atoms with Crippen molar-refractivity contribution in [3.63, 3.8) is 0 Å². The highest BCUT2D eigenvalue weighted by atomic mass is 16.5. The molecule has 23 heavy (non-hydrogen) atoms. The Morgan fingerprint density at radius 2 is 2.04 bits per heavy atom. The number of esters is 1. The SMILES string of the molecule is CCOC(=O)CNC(=O)N[C@H](C)C(=O)N1CCc2ccccc21. The number of ether oxygens (including phenoxy) is 1. The van der Waals surface area contributed by atoms with Gasteiger partial charge in [-0.25, -0.2) is 4.79 Å². The van der Waals surface area contributed by atoms with E-state index in [-0.39, 0.29) is 19.1 Å². The summed E-state index contributed by atoms with van der Waals surface area (Å²) in [6.45, 7) is 3.94. The number of anilines is 1. The molecule has 0 bridgehead atoms. The lowest BCUT2D eigenvalue weighted by Gasteiger charge is -2.22. The average molecular weight is 319 g/mol. The molecule has 0 saturated heterocycles. The summed E-state index contributed by atoms with van der Waals surface area (Å²) in [5, 5.41) is 4.90. The molecule has 1 aliphatic rings. The number of fused-ring (bicyclic) bond motifs is 1. The van der Waals surface area contributed by atoms with E-state index in [4.69, 9.17) is 4.74 Å². The summed E-state index contributed by atoms with van der Waals surface area (Å²) in [5.74, 6) is -0.698. The van der Waals surface area contributed by atoms with Gasteiger partial charge in [0.1, 0.15) is 12.6 Å². The van der Waals surface area contributed by atoms with Crippen molar-refractivity contribution in [2.45, 2.75) is 26.3 Å². The van der Waals surface area contributed by atoms with Gasteiger partial charge in [0.05, 0.1) is 6.61 Å². The molecule has 3 amide bonds. The van der Waals surface area contributed by atoms with Gasteiger partial charge in [-0.15, -0.1) is 0 Å². The minimum atomic E-state index is -0.691. The monoisotopic (exact) mass is 319 g/mol. The summed E-state index contributed by atoms with van der Waals surface area (Å²) in [4.78, 5) is 37.0. The summed E-state index contributed by atoms with van der Waals surface area (Å²) >= 11 is 0. The molecule has 2 N–H and O–H groups in total. The molecule has 0 unspecified atom stereocenters. The minimum Gasteiger partial charge on any atom is -0.465 e. The van der Waals surface area contributed by atoms with Gasteiger partial charge in [0.25, 0.3) is 0 Å². The number of nitrogens with one attached hydrogen (secondary N) is 2. The zero-order valence-corrected chi connectivity index (χ0v) is 13.3. The highest BCUT2D eigenvalue weighted by Crippen LogP contribution is 2.27. The Labute approximate surface area is 135 Å². The Morgan fingerprint density at radius 3 is 2.78 bits per heavy atom. The van der Waals surface area contributed by atoms with E-state index in [0.29, 0.717) is 6.54 Å². The fourth-order valence-corrected chi connectivity index (χ4v) is 2.47. The van der Waals surface area contributed by atoms with Crippen molar-refractivity contribution >= 4 is 23.6 Å². The molecule has 1 heterocycles. The third-order valence-corrected chi connectivity index (χ3v) is 3.57. The zero-order chi connectivity index (χ0) is 16.8. The Kier molecular flexibility index (Phi) is 5.56. The largest absolute Gasteiger partial charge is 0.465 e. The molecule has 7 heteroatoms. The van der Waals surface area contributed by atoms with Gasteiger partial charge in [0.15, 0.2) is 0 Å². The first-order valence-corrected chi connectivity index (χ1v) is 7.62. The van der Waals surface area contributed by atoms with Crippen LogP contribution in [0.15, 0.2) is 24.3 Å². The number of hydrogen-bond donors (Lipinski definition) is 2. The van der Waals surface area contributed by atoms with Crippen molar-refractivity contribution < 1.29 is 19.1 Å². The second kappa shape index (κ2) is 7.62. The first-order chi connectivity index (χ1) is 11.0. The fraction of sp³-hybridized carbons (Fsp3) is 0.438. The number of carbonyl (C=O) groups is 3. The third kappa shape index (κ3) is 4.21. The lowest BCUT2D eigenvalue weighted by atomic mass is 10.2. The topological polar surface area (TPSA) is 87.7 Å². The number of hydrogen-bond acceptors (Lipinski definition) is 4. The van der Waals surface area contributed by atoms with Gasteiger partial charge in [-0.3, -0.25) is 9.59 Å². The van der Waals surface area contributed by atoms with Crippen molar-refractivity contribution in [2.75, 3.05) is 24.6 Å². The summed E-state index contributed by atoms with van der Waals surface area (Å²) in [6.07, 6.45) is 0.809. The zero-order valence-electron chi connectivity index (χ0n) is 13.3. The van der Waals surface area contributed by atoms with Crippen LogP contribution in [0.5, 0.6) is 0 Å². The summed E-state index contributed by atoms with van der Waals surface area (Å²) in [7, 11) is 0. The van der Waals surface area contributed by atoms with Gasteiger partial charge >= 0.3 is 12.0 Å². The smallest absolute Gasteiger partial charge is 0.325 e. The van der Waals surface area contributed by atoms with E-state index >= 15 is 0 Å². The predicted octanol–water partition coefficient (Wildman–Crippen LogP) is 0.827. The van der Waals surface area contributed by atoms with Crippen LogP contribution < -0.4 is 15.5 Å². The molecular formula is C16H21N3O4. The van der Waals surface area contributed by atoms with Crippen molar-refractivity contribution in [3.8, 4) is 0 Å². The Bertz CT molecular complexity index is 603. The van der Waals surface area contributed by atoms with Crippen LogP contribution in [0.4, 0.5) is 10.5 Å². The van der Waals surface area contributed by atoms with Crippen LogP contribution >= 0.6 is 0 Å². The first-order valence-electron chi connectivity index (χ1n) is 7.62. The number of rotatable bonds is 5. The van der Waals surface area contributed by atoms with Crippen molar-refractivity contribution in [1.29, 1.82) is 0 Å². The van der Waals surface area contributed by atoms with E-state index in [1.165, 1.54) is 0 Å². The molecule has 1 aliphatic heterocycles. The van der Waals surface area contributed by atoms with E-state index in [1.807, 2.05) is 24.3 Å². The van der Waals surface area contributed by atoms with E-state index in [2.05, 4.69) is 10.6 Å². The Morgan fingerprint density at radius 1 is 1.30 bits per heavy atom. The molecule has 0 aliphatic carbocycles. The number of urea groups is 1. The summed E-state index contributed by atoms with van der Waals surface area (Å²) in [6, 6.07) is 6.45. The number of carbonyl (C=O) groups excluding carboxylic acids is 3. The normalized spacial score (nSPS) is 13.9. The number of benzene rings is 1. The molecule has 2 rings (SSSR count). The first kappa shape index (κ1) is 16.8. The molecule has 1 atom stereocenters. The highest BCUT2D eigenvalue weighted by molar-refractivity contribution is 6.00. The van der Waals surface area contributed by atoms with Crippen molar-refractivity contribution in [3.05, 3.63) is 29.8 Å². The molecule has 0 spiro atoms. The molecule has 0 saturated carbocycles. The summed E-state index contributed by atoms with van der Waals surface area (Å²) in [5.41, 5.74) is 2.01. The number of nitrogens with zero attached hydrogens (tertiary/aromatic N) is 1. The van der Waals surface area contributed by atoms with Crippen LogP contribution in [0, 0.1) is 0 Å². The second-order valence-corrected chi connectivity index (χ2v) is 5.22. The molecule has 0 aromatic heterocycles. The van der Waals surface area contributed by atoms with E-state index in [9.17, 15) is 14.4 Å². The standard InChI is InChI=1S/C16H21N3O4/c1-3-23-14(20)10-17-16(22)18-11(2)15(21)19-9-8-12-6-4-5-7-13(12)19/h4-7,11H,3,8-10H2,1-2H3,(H2,17,18,22)/t11-/m1/s1. The Balaban J connectivity index is 1.86. The van der Waals surface area contributed by atoms with Gasteiger partial charge in [-0.05, 0) is 31.9 Å². The fourth-order valence-electron chi connectivity index (χ4n) is 2.47. The van der Waals surface area contributed by atoms with Crippen LogP contribution in [0.1, 0.15) is 19.4 Å². The second-order valence-electron chi connectivity index (χ2n) is 5.22. The van der Waals surface area contributed by atoms with Crippen molar-refractivity contribution in [2.24, 2.45) is 0 Å². The average Bonchev–Trinajstić information content (AvgIpc) is 2.96. The van der Waals surface area contributed by atoms with E-state index < -0.39 is 18.0 Å². The van der Waals surface area contributed by atoms with Gasteiger partial charge in [0, 0.05) is 12.2 Å². The molecule has 1 aromatic rings. The van der Waals surface area contributed by atoms with E-state index in [1.54, 1.807) is 18.7 Å². The molecule has 124 valence electrons. The molecule has 0 fully saturated rings. The van der Waals surface area contributed by atoms with Crippen LogP contribution in [-0.2, 0) is 20.7 Å². The minimum absolute atomic E-state index is 0.179. The molecule has 1 aromatic carbocycles. The quantitative estimate of drug-likeness (QED) is 0.787.